The van der Waals surface area contributed by atoms with Crippen LogP contribution in [0.3, 0.4) is 0 Å². The van der Waals surface area contributed by atoms with Crippen molar-refractivity contribution in [1.82, 2.24) is 0 Å². The molecule has 0 aromatic heterocycles. The number of hydrogen-bond acceptors (Lipinski definition) is 1. The standard InChI is InChI=1S/C7H8O/c1-2-3-4-5-6-7-8/h2,4-7H,1H3/b6-5-. The van der Waals surface area contributed by atoms with Gasteiger partial charge in [-0.05, 0) is 25.2 Å². The summed E-state index contributed by atoms with van der Waals surface area (Å²) in [6, 6.07) is 0. The van der Waals surface area contributed by atoms with Crippen LogP contribution >= 0.6 is 0 Å². The molecule has 0 radical (unpaired) electrons. The molecule has 1 nitrogen and oxygen atoms in total. The van der Waals surface area contributed by atoms with E-state index in [-0.39, 0.29) is 0 Å². The number of carbonyl (C=O) groups excluding carboxylic acids is 1. The quantitative estimate of drug-likeness (QED) is 0.226. The van der Waals surface area contributed by atoms with Crippen molar-refractivity contribution in [2.75, 3.05) is 0 Å². The molecule has 0 bridgehead atoms. The molecular formula is C7H8O. The van der Waals surface area contributed by atoms with Crippen LogP contribution < -0.4 is 0 Å². The molecule has 0 aliphatic carbocycles. The number of aldehydes is 1. The minimum absolute atomic E-state index is 0.730. The van der Waals surface area contributed by atoms with Crippen molar-refractivity contribution in [3.05, 3.63) is 30.0 Å². The highest BCUT2D eigenvalue weighted by Gasteiger charge is 1.55. The molecule has 0 spiro atoms. The summed E-state index contributed by atoms with van der Waals surface area (Å²) in [5.74, 6) is 0. The zero-order valence-corrected chi connectivity index (χ0v) is 4.79. The molecule has 0 atom stereocenters. The largest absolute Gasteiger partial charge is 0.299 e. The molecule has 42 valence electrons. The summed E-state index contributed by atoms with van der Waals surface area (Å²) in [5.41, 5.74) is 2.79. The fraction of sp³-hybridized carbons (Fsp3) is 0.143. The molecule has 0 aliphatic rings. The van der Waals surface area contributed by atoms with Crippen molar-refractivity contribution < 1.29 is 4.79 Å². The first-order valence-electron chi connectivity index (χ1n) is 2.39. The van der Waals surface area contributed by atoms with E-state index in [4.69, 9.17) is 0 Å². The summed E-state index contributed by atoms with van der Waals surface area (Å²) < 4.78 is 0. The van der Waals surface area contributed by atoms with Gasteiger partial charge in [0.2, 0.25) is 0 Å². The number of allylic oxidation sites excluding steroid dienone is 3. The number of hydrogen-bond donors (Lipinski definition) is 0. The highest BCUT2D eigenvalue weighted by molar-refractivity contribution is 5.65. The van der Waals surface area contributed by atoms with Crippen molar-refractivity contribution in [2.24, 2.45) is 0 Å². The summed E-state index contributed by atoms with van der Waals surface area (Å²) in [4.78, 5) is 9.62. The van der Waals surface area contributed by atoms with E-state index < -0.39 is 0 Å². The van der Waals surface area contributed by atoms with Gasteiger partial charge in [-0.1, -0.05) is 6.08 Å². The van der Waals surface area contributed by atoms with Gasteiger partial charge in [-0.2, -0.15) is 0 Å². The Kier molecular flexibility index (Phi) is 5.14. The first-order chi connectivity index (χ1) is 3.91. The average molecular weight is 108 g/mol. The van der Waals surface area contributed by atoms with Crippen LogP contribution in [0.4, 0.5) is 0 Å². The molecule has 0 saturated carbocycles. The fourth-order valence-electron chi connectivity index (χ4n) is 0.253. The first-order valence-corrected chi connectivity index (χ1v) is 2.39. The van der Waals surface area contributed by atoms with Gasteiger partial charge < -0.3 is 0 Å². The smallest absolute Gasteiger partial charge is 0.142 e. The van der Waals surface area contributed by atoms with E-state index >= 15 is 0 Å². The first kappa shape index (κ1) is 6.93. The lowest BCUT2D eigenvalue weighted by molar-refractivity contribution is -0.104. The van der Waals surface area contributed by atoms with E-state index in [1.54, 1.807) is 18.2 Å². The van der Waals surface area contributed by atoms with Gasteiger partial charge in [-0.25, -0.2) is 0 Å². The maximum atomic E-state index is 9.62. The van der Waals surface area contributed by atoms with Gasteiger partial charge in [-0.3, -0.25) is 4.79 Å². The summed E-state index contributed by atoms with van der Waals surface area (Å²) in [5, 5.41) is 0. The van der Waals surface area contributed by atoms with Crippen LogP contribution in [-0.2, 0) is 4.79 Å². The molecule has 0 saturated heterocycles. The Hall–Kier alpha value is -1.07. The molecule has 0 amide bonds. The van der Waals surface area contributed by atoms with Crippen molar-refractivity contribution in [2.45, 2.75) is 6.92 Å². The molecular weight excluding hydrogens is 100 g/mol. The molecule has 0 rings (SSSR count). The third-order valence-electron chi connectivity index (χ3n) is 0.549. The Bertz CT molecular complexity index is 136. The zero-order valence-electron chi connectivity index (χ0n) is 4.79. The van der Waals surface area contributed by atoms with E-state index in [2.05, 4.69) is 5.73 Å². The molecule has 0 fully saturated rings. The second-order valence-corrected chi connectivity index (χ2v) is 1.14. The maximum Gasteiger partial charge on any atom is 0.142 e. The van der Waals surface area contributed by atoms with Crippen LogP contribution in [0.1, 0.15) is 6.92 Å². The van der Waals surface area contributed by atoms with E-state index in [9.17, 15) is 4.79 Å². The zero-order chi connectivity index (χ0) is 6.24. The van der Waals surface area contributed by atoms with Gasteiger partial charge in [-0.15, -0.1) is 5.73 Å². The maximum absolute atomic E-state index is 9.62. The second-order valence-electron chi connectivity index (χ2n) is 1.14. The van der Waals surface area contributed by atoms with Gasteiger partial charge >= 0.3 is 0 Å². The minimum atomic E-state index is 0.730. The third kappa shape index (κ3) is 4.93. The van der Waals surface area contributed by atoms with Crippen LogP contribution in [0.5, 0.6) is 0 Å². The van der Waals surface area contributed by atoms with Gasteiger partial charge in [0.05, 0.1) is 0 Å². The molecule has 0 aliphatic heterocycles. The molecule has 0 aromatic carbocycles. The molecule has 0 N–H and O–H groups in total. The topological polar surface area (TPSA) is 17.1 Å². The Morgan fingerprint density at radius 1 is 1.38 bits per heavy atom. The van der Waals surface area contributed by atoms with Gasteiger partial charge in [0.1, 0.15) is 6.29 Å². The summed E-state index contributed by atoms with van der Waals surface area (Å²) >= 11 is 0. The predicted molar refractivity (Wildman–Crippen MR) is 33.5 cm³/mol. The lowest BCUT2D eigenvalue weighted by Gasteiger charge is -1.60. The van der Waals surface area contributed by atoms with E-state index in [0.717, 1.165) is 6.29 Å². The van der Waals surface area contributed by atoms with Crippen LogP contribution in [0.2, 0.25) is 0 Å². The lowest BCUT2D eigenvalue weighted by Crippen LogP contribution is -1.53. The van der Waals surface area contributed by atoms with Crippen molar-refractivity contribution >= 4 is 6.29 Å². The van der Waals surface area contributed by atoms with Crippen molar-refractivity contribution in [3.63, 3.8) is 0 Å². The minimum Gasteiger partial charge on any atom is -0.299 e. The number of rotatable bonds is 2. The fourth-order valence-corrected chi connectivity index (χ4v) is 0.253. The summed E-state index contributed by atoms with van der Waals surface area (Å²) in [6.45, 7) is 1.87. The average Bonchev–Trinajstić information content (AvgIpc) is 1.81. The summed E-state index contributed by atoms with van der Waals surface area (Å²) in [7, 11) is 0. The van der Waals surface area contributed by atoms with Crippen LogP contribution in [0, 0.1) is 0 Å². The Morgan fingerprint density at radius 2 is 2.12 bits per heavy atom. The van der Waals surface area contributed by atoms with Gasteiger partial charge in [0, 0.05) is 0 Å². The van der Waals surface area contributed by atoms with E-state index in [0.29, 0.717) is 0 Å². The number of carbonyl (C=O) groups is 1. The molecule has 0 unspecified atom stereocenters. The predicted octanol–water partition coefficient (Wildman–Crippen LogP) is 1.47. The Balaban J connectivity index is 3.58. The monoisotopic (exact) mass is 108 g/mol. The second kappa shape index (κ2) is 5.93. The van der Waals surface area contributed by atoms with Crippen LogP contribution in [0.15, 0.2) is 30.0 Å². The molecule has 0 aromatic rings. The van der Waals surface area contributed by atoms with Crippen LogP contribution in [0.25, 0.3) is 0 Å². The highest BCUT2D eigenvalue weighted by atomic mass is 16.1. The van der Waals surface area contributed by atoms with Crippen molar-refractivity contribution in [3.8, 4) is 0 Å². The Morgan fingerprint density at radius 3 is 2.62 bits per heavy atom. The SMILES string of the molecule is CC=C=C/C=C\C=O. The molecule has 0 heterocycles. The van der Waals surface area contributed by atoms with Gasteiger partial charge in [0.25, 0.3) is 0 Å². The Labute approximate surface area is 49.0 Å². The molecule has 1 heteroatoms. The van der Waals surface area contributed by atoms with E-state index in [1.165, 1.54) is 6.08 Å². The van der Waals surface area contributed by atoms with Crippen molar-refractivity contribution in [1.29, 1.82) is 0 Å². The third-order valence-corrected chi connectivity index (χ3v) is 0.549. The highest BCUT2D eigenvalue weighted by Crippen LogP contribution is 1.69. The van der Waals surface area contributed by atoms with Gasteiger partial charge in [0.15, 0.2) is 0 Å². The summed E-state index contributed by atoms with van der Waals surface area (Å²) in [6.07, 6.45) is 7.22. The van der Waals surface area contributed by atoms with E-state index in [1.807, 2.05) is 6.92 Å². The normalized spacial score (nSPS) is 8.12. The molecule has 8 heavy (non-hydrogen) atoms. The van der Waals surface area contributed by atoms with Crippen LogP contribution in [-0.4, -0.2) is 6.29 Å². The lowest BCUT2D eigenvalue weighted by atomic mass is 10.5.